The quantitative estimate of drug-likeness (QED) is 0.716. The van der Waals surface area contributed by atoms with Gasteiger partial charge in [0.05, 0.1) is 13.3 Å². The van der Waals surface area contributed by atoms with E-state index in [-0.39, 0.29) is 0 Å². The molecule has 0 unspecified atom stereocenters. The first-order valence-electron chi connectivity index (χ1n) is 8.07. The predicted octanol–water partition coefficient (Wildman–Crippen LogP) is 3.13. The Balaban J connectivity index is 1.67. The van der Waals surface area contributed by atoms with Gasteiger partial charge in [-0.15, -0.1) is 5.10 Å². The Labute approximate surface area is 147 Å². The molecule has 25 heavy (non-hydrogen) atoms. The molecule has 2 aromatic carbocycles. The second-order valence-corrected chi connectivity index (χ2v) is 5.65. The molecule has 6 heteroatoms. The minimum atomic E-state index is 0.578. The van der Waals surface area contributed by atoms with E-state index >= 15 is 0 Å². The zero-order valence-electron chi connectivity index (χ0n) is 14.4. The van der Waals surface area contributed by atoms with Crippen molar-refractivity contribution < 1.29 is 4.74 Å². The highest BCUT2D eigenvalue weighted by Gasteiger charge is 2.08. The van der Waals surface area contributed by atoms with E-state index in [1.165, 1.54) is 5.56 Å². The Morgan fingerprint density at radius 2 is 1.80 bits per heavy atom. The van der Waals surface area contributed by atoms with E-state index in [4.69, 9.17) is 4.74 Å². The highest BCUT2D eigenvalue weighted by molar-refractivity contribution is 5.42. The van der Waals surface area contributed by atoms with Gasteiger partial charge in [-0.1, -0.05) is 48.5 Å². The largest absolute Gasteiger partial charge is 0.496 e. The van der Waals surface area contributed by atoms with Crippen molar-refractivity contribution in [3.63, 3.8) is 0 Å². The van der Waals surface area contributed by atoms with E-state index in [0.29, 0.717) is 18.3 Å². The lowest BCUT2D eigenvalue weighted by Crippen LogP contribution is -2.20. The van der Waals surface area contributed by atoms with E-state index in [9.17, 15) is 0 Å². The summed E-state index contributed by atoms with van der Waals surface area (Å²) in [5, 5.41) is 11.5. The molecule has 1 heterocycles. The molecule has 3 aromatic rings. The maximum Gasteiger partial charge on any atom is 0.247 e. The number of nitrogens with zero attached hydrogens (tertiary/aromatic N) is 4. The molecule has 1 N–H and O–H groups in total. The number of hydrogen-bond donors (Lipinski definition) is 1. The molecule has 0 amide bonds. The fourth-order valence-electron chi connectivity index (χ4n) is 2.50. The normalized spacial score (nSPS) is 10.3. The van der Waals surface area contributed by atoms with Crippen LogP contribution in [0, 0.1) is 0 Å². The van der Waals surface area contributed by atoms with Gasteiger partial charge in [-0.2, -0.15) is 10.1 Å². The van der Waals surface area contributed by atoms with Crippen LogP contribution in [0.25, 0.3) is 0 Å². The van der Waals surface area contributed by atoms with Crippen molar-refractivity contribution in [2.24, 2.45) is 0 Å². The van der Waals surface area contributed by atoms with Gasteiger partial charge in [0.1, 0.15) is 5.75 Å². The molecule has 0 radical (unpaired) electrons. The maximum absolute atomic E-state index is 5.37. The molecule has 3 rings (SSSR count). The summed E-state index contributed by atoms with van der Waals surface area (Å²) in [4.78, 5) is 6.51. The molecule has 6 nitrogen and oxygen atoms in total. The molecule has 0 saturated carbocycles. The Kier molecular flexibility index (Phi) is 5.41. The van der Waals surface area contributed by atoms with Crippen molar-refractivity contribution in [2.45, 2.75) is 13.1 Å². The van der Waals surface area contributed by atoms with Crippen molar-refractivity contribution in [2.75, 3.05) is 24.4 Å². The van der Waals surface area contributed by atoms with Crippen LogP contribution in [0.2, 0.25) is 0 Å². The molecule has 0 saturated heterocycles. The summed E-state index contributed by atoms with van der Waals surface area (Å²) in [6, 6.07) is 18.1. The van der Waals surface area contributed by atoms with E-state index < -0.39 is 0 Å². The van der Waals surface area contributed by atoms with Crippen LogP contribution in [0.5, 0.6) is 5.75 Å². The Hall–Kier alpha value is -3.15. The first kappa shape index (κ1) is 16.7. The molecule has 128 valence electrons. The number of para-hydroxylation sites is 1. The van der Waals surface area contributed by atoms with E-state index in [2.05, 4.69) is 32.6 Å². The SMILES string of the molecule is COc1ccccc1CNc1cnnc(N(C)Cc2ccccc2)n1. The fraction of sp³-hybridized carbons (Fsp3) is 0.211. The van der Waals surface area contributed by atoms with Gasteiger partial charge in [-0.25, -0.2) is 0 Å². The number of ether oxygens (including phenoxy) is 1. The predicted molar refractivity (Wildman–Crippen MR) is 98.7 cm³/mol. The van der Waals surface area contributed by atoms with Crippen molar-refractivity contribution >= 4 is 11.8 Å². The second-order valence-electron chi connectivity index (χ2n) is 5.65. The summed E-state index contributed by atoms with van der Waals surface area (Å²) in [7, 11) is 3.62. The molecule has 0 aliphatic carbocycles. The van der Waals surface area contributed by atoms with Crippen LogP contribution in [0.1, 0.15) is 11.1 Å². The number of anilines is 2. The second kappa shape index (κ2) is 8.10. The zero-order chi connectivity index (χ0) is 17.5. The van der Waals surface area contributed by atoms with Crippen LogP contribution in [0.4, 0.5) is 11.8 Å². The molecular formula is C19H21N5O. The average Bonchev–Trinajstić information content (AvgIpc) is 2.67. The minimum Gasteiger partial charge on any atom is -0.496 e. The van der Waals surface area contributed by atoms with Gasteiger partial charge in [0, 0.05) is 25.7 Å². The van der Waals surface area contributed by atoms with E-state index in [1.807, 2.05) is 54.4 Å². The van der Waals surface area contributed by atoms with Gasteiger partial charge in [-0.05, 0) is 11.6 Å². The van der Waals surface area contributed by atoms with Gasteiger partial charge in [-0.3, -0.25) is 0 Å². The summed E-state index contributed by atoms with van der Waals surface area (Å²) in [6.07, 6.45) is 1.62. The summed E-state index contributed by atoms with van der Waals surface area (Å²) in [5.41, 5.74) is 2.25. The highest BCUT2D eigenvalue weighted by Crippen LogP contribution is 2.19. The molecule has 0 aliphatic heterocycles. The first-order valence-corrected chi connectivity index (χ1v) is 8.07. The highest BCUT2D eigenvalue weighted by atomic mass is 16.5. The van der Waals surface area contributed by atoms with Crippen LogP contribution < -0.4 is 15.0 Å². The number of methoxy groups -OCH3 is 1. The van der Waals surface area contributed by atoms with Gasteiger partial charge >= 0.3 is 0 Å². The van der Waals surface area contributed by atoms with Crippen molar-refractivity contribution in [3.8, 4) is 5.75 Å². The van der Waals surface area contributed by atoms with Crippen LogP contribution in [0.15, 0.2) is 60.8 Å². The van der Waals surface area contributed by atoms with Gasteiger partial charge in [0.25, 0.3) is 0 Å². The topological polar surface area (TPSA) is 63.2 Å². The smallest absolute Gasteiger partial charge is 0.247 e. The lowest BCUT2D eigenvalue weighted by atomic mass is 10.2. The number of aromatic nitrogens is 3. The molecule has 0 bridgehead atoms. The van der Waals surface area contributed by atoms with Crippen LogP contribution in [-0.4, -0.2) is 29.3 Å². The standard InChI is InChI=1S/C19H21N5O/c1-24(14-15-8-4-3-5-9-15)19-22-18(13-21-23-19)20-12-16-10-6-7-11-17(16)25-2/h3-11,13H,12,14H2,1-2H3,(H,20,22,23). The van der Waals surface area contributed by atoms with Gasteiger partial charge < -0.3 is 15.0 Å². The van der Waals surface area contributed by atoms with Crippen LogP contribution in [0.3, 0.4) is 0 Å². The Morgan fingerprint density at radius 1 is 1.04 bits per heavy atom. The monoisotopic (exact) mass is 335 g/mol. The Morgan fingerprint density at radius 3 is 2.60 bits per heavy atom. The third-order valence-electron chi connectivity index (χ3n) is 3.80. The molecule has 0 atom stereocenters. The van der Waals surface area contributed by atoms with Crippen molar-refractivity contribution in [1.82, 2.24) is 15.2 Å². The summed E-state index contributed by atoms with van der Waals surface area (Å²) >= 11 is 0. The number of hydrogen-bond acceptors (Lipinski definition) is 6. The fourth-order valence-corrected chi connectivity index (χ4v) is 2.50. The van der Waals surface area contributed by atoms with Crippen molar-refractivity contribution in [3.05, 3.63) is 71.9 Å². The lowest BCUT2D eigenvalue weighted by Gasteiger charge is -2.17. The number of rotatable bonds is 7. The zero-order valence-corrected chi connectivity index (χ0v) is 14.4. The van der Waals surface area contributed by atoms with Gasteiger partial charge in [0.15, 0.2) is 5.82 Å². The molecule has 1 aromatic heterocycles. The molecular weight excluding hydrogens is 314 g/mol. The van der Waals surface area contributed by atoms with E-state index in [1.54, 1.807) is 13.3 Å². The van der Waals surface area contributed by atoms with E-state index in [0.717, 1.165) is 17.9 Å². The van der Waals surface area contributed by atoms with Crippen LogP contribution in [-0.2, 0) is 13.1 Å². The molecule has 0 aliphatic rings. The number of benzene rings is 2. The Bertz CT molecular complexity index is 810. The third-order valence-corrected chi connectivity index (χ3v) is 3.80. The summed E-state index contributed by atoms with van der Waals surface area (Å²) in [6.45, 7) is 1.32. The van der Waals surface area contributed by atoms with Crippen molar-refractivity contribution in [1.29, 1.82) is 0 Å². The van der Waals surface area contributed by atoms with Gasteiger partial charge in [0.2, 0.25) is 5.95 Å². The number of nitrogens with one attached hydrogen (secondary N) is 1. The lowest BCUT2D eigenvalue weighted by molar-refractivity contribution is 0.410. The summed E-state index contributed by atoms with van der Waals surface area (Å²) < 4.78 is 5.37. The first-order chi connectivity index (χ1) is 12.3. The minimum absolute atomic E-state index is 0.578. The average molecular weight is 335 g/mol. The van der Waals surface area contributed by atoms with Crippen LogP contribution >= 0.6 is 0 Å². The molecule has 0 fully saturated rings. The third kappa shape index (κ3) is 4.44. The summed E-state index contributed by atoms with van der Waals surface area (Å²) in [5.74, 6) is 2.10. The molecule has 0 spiro atoms. The maximum atomic E-state index is 5.37.